The fourth-order valence-corrected chi connectivity index (χ4v) is 4.50. The van der Waals surface area contributed by atoms with Gasteiger partial charge in [0.2, 0.25) is 5.91 Å². The van der Waals surface area contributed by atoms with E-state index in [2.05, 4.69) is 21.0 Å². The van der Waals surface area contributed by atoms with Gasteiger partial charge in [0.1, 0.15) is 5.75 Å². The lowest BCUT2D eigenvalue weighted by Gasteiger charge is -2.41. The number of amides is 1. The molecule has 4 rings (SSSR count). The van der Waals surface area contributed by atoms with Crippen molar-refractivity contribution >= 4 is 5.91 Å². The summed E-state index contributed by atoms with van der Waals surface area (Å²) < 4.78 is 41.5. The summed E-state index contributed by atoms with van der Waals surface area (Å²) in [6.07, 6.45) is -2.35. The van der Waals surface area contributed by atoms with Crippen LogP contribution >= 0.6 is 0 Å². The molecule has 1 fully saturated rings. The molecule has 0 radical (unpaired) electrons. The molecular formula is C22H23F3N2O2. The first-order chi connectivity index (χ1) is 13.8. The first kappa shape index (κ1) is 19.8. The highest BCUT2D eigenvalue weighted by atomic mass is 19.4. The van der Waals surface area contributed by atoms with Crippen LogP contribution in [0.5, 0.6) is 5.75 Å². The Labute approximate surface area is 167 Å². The summed E-state index contributed by atoms with van der Waals surface area (Å²) in [5, 5.41) is 3.07. The maximum atomic E-state index is 13.0. The zero-order valence-electron chi connectivity index (χ0n) is 16.0. The lowest BCUT2D eigenvalue weighted by atomic mass is 9.74. The summed E-state index contributed by atoms with van der Waals surface area (Å²) in [5.74, 6) is -0.157. The van der Waals surface area contributed by atoms with Crippen molar-refractivity contribution in [3.05, 3.63) is 65.2 Å². The smallest absolute Gasteiger partial charge is 0.406 e. The van der Waals surface area contributed by atoms with E-state index in [0.29, 0.717) is 26.1 Å². The van der Waals surface area contributed by atoms with E-state index in [9.17, 15) is 18.0 Å². The van der Waals surface area contributed by atoms with Crippen molar-refractivity contribution in [2.24, 2.45) is 5.41 Å². The molecule has 1 saturated heterocycles. The van der Waals surface area contributed by atoms with Crippen LogP contribution < -0.4 is 10.1 Å². The molecule has 7 heteroatoms. The zero-order chi connectivity index (χ0) is 20.5. The molecule has 1 N–H and O–H groups in total. The van der Waals surface area contributed by atoms with E-state index < -0.39 is 11.8 Å². The predicted molar refractivity (Wildman–Crippen MR) is 102 cm³/mol. The number of carbonyl (C=O) groups excluding carboxylic acids is 1. The van der Waals surface area contributed by atoms with E-state index in [-0.39, 0.29) is 11.7 Å². The predicted octanol–water partition coefficient (Wildman–Crippen LogP) is 4.04. The molecule has 29 heavy (non-hydrogen) atoms. The molecule has 1 atom stereocenters. The molecule has 2 aliphatic rings. The molecule has 0 aromatic heterocycles. The number of fused-ring (bicyclic) bond motifs is 1. The van der Waals surface area contributed by atoms with Crippen LogP contribution in [0.15, 0.2) is 48.5 Å². The highest BCUT2D eigenvalue weighted by Gasteiger charge is 2.43. The van der Waals surface area contributed by atoms with Gasteiger partial charge in [0.15, 0.2) is 0 Å². The number of nitrogens with zero attached hydrogens (tertiary/aromatic N) is 1. The number of nitrogens with one attached hydrogen (secondary N) is 1. The van der Waals surface area contributed by atoms with E-state index in [1.807, 2.05) is 18.2 Å². The average Bonchev–Trinajstić information content (AvgIpc) is 2.78. The van der Waals surface area contributed by atoms with E-state index in [1.165, 1.54) is 17.7 Å². The summed E-state index contributed by atoms with van der Waals surface area (Å²) in [7, 11) is 0. The minimum Gasteiger partial charge on any atom is -0.406 e. The Hall–Kier alpha value is -2.54. The third-order valence-corrected chi connectivity index (χ3v) is 5.76. The average molecular weight is 404 g/mol. The Bertz CT molecular complexity index is 900. The standard InChI is InChI=1S/C22H23F3N2O2/c23-22(24,25)29-19-8-3-5-16(11-19)14-27-10-4-9-21(15-27)12-17-6-1-2-7-18(17)13-26-20(21)28/h1-3,5-8,11H,4,9-10,12-15H2,(H,26,28). The minimum atomic E-state index is -4.71. The Kier molecular flexibility index (Phi) is 5.25. The van der Waals surface area contributed by atoms with Crippen LogP contribution in [0.1, 0.15) is 29.5 Å². The van der Waals surface area contributed by atoms with Crippen molar-refractivity contribution in [1.29, 1.82) is 0 Å². The van der Waals surface area contributed by atoms with Crippen molar-refractivity contribution in [2.75, 3.05) is 13.1 Å². The summed E-state index contributed by atoms with van der Waals surface area (Å²) in [5.41, 5.74) is 2.56. The van der Waals surface area contributed by atoms with Gasteiger partial charge in [-0.2, -0.15) is 0 Å². The Balaban J connectivity index is 1.51. The molecule has 1 unspecified atom stereocenters. The van der Waals surface area contributed by atoms with Crippen LogP contribution in [-0.2, 0) is 24.3 Å². The molecule has 4 nitrogen and oxygen atoms in total. The molecule has 154 valence electrons. The largest absolute Gasteiger partial charge is 0.573 e. The monoisotopic (exact) mass is 404 g/mol. The SMILES string of the molecule is O=C1NCc2ccccc2CC12CCCN(Cc1cccc(OC(F)(F)F)c1)C2. The van der Waals surface area contributed by atoms with Crippen molar-refractivity contribution in [1.82, 2.24) is 10.2 Å². The third-order valence-electron chi connectivity index (χ3n) is 5.76. The number of carbonyl (C=O) groups is 1. The number of benzene rings is 2. The molecule has 1 amide bonds. The van der Waals surface area contributed by atoms with Crippen molar-refractivity contribution in [3.63, 3.8) is 0 Å². The molecule has 0 saturated carbocycles. The topological polar surface area (TPSA) is 41.6 Å². The molecular weight excluding hydrogens is 381 g/mol. The summed E-state index contributed by atoms with van der Waals surface area (Å²) >= 11 is 0. The van der Waals surface area contributed by atoms with Gasteiger partial charge in [-0.15, -0.1) is 13.2 Å². The lowest BCUT2D eigenvalue weighted by Crippen LogP contribution is -2.51. The number of hydrogen-bond acceptors (Lipinski definition) is 3. The molecule has 2 aromatic rings. The zero-order valence-corrected chi connectivity index (χ0v) is 16.0. The van der Waals surface area contributed by atoms with E-state index in [1.54, 1.807) is 12.1 Å². The number of ether oxygens (including phenoxy) is 1. The number of alkyl halides is 3. The normalized spacial score (nSPS) is 22.7. The minimum absolute atomic E-state index is 0.0626. The number of halogens is 3. The second kappa shape index (κ2) is 7.71. The molecule has 0 aliphatic carbocycles. The van der Waals surface area contributed by atoms with Crippen LogP contribution in [0.3, 0.4) is 0 Å². The third kappa shape index (κ3) is 4.56. The van der Waals surface area contributed by atoms with Gasteiger partial charge in [-0.25, -0.2) is 0 Å². The second-order valence-corrected chi connectivity index (χ2v) is 7.92. The fraction of sp³-hybridized carbons (Fsp3) is 0.409. The Morgan fingerprint density at radius 1 is 1.10 bits per heavy atom. The molecule has 2 heterocycles. The van der Waals surface area contributed by atoms with Crippen molar-refractivity contribution in [2.45, 2.75) is 38.7 Å². The maximum absolute atomic E-state index is 13.0. The number of hydrogen-bond donors (Lipinski definition) is 1. The summed E-state index contributed by atoms with van der Waals surface area (Å²) in [6, 6.07) is 14.1. The van der Waals surface area contributed by atoms with Crippen molar-refractivity contribution < 1.29 is 22.7 Å². The van der Waals surface area contributed by atoms with Crippen LogP contribution in [0.4, 0.5) is 13.2 Å². The highest BCUT2D eigenvalue weighted by molar-refractivity contribution is 5.84. The van der Waals surface area contributed by atoms with Gasteiger partial charge in [-0.3, -0.25) is 9.69 Å². The van der Waals surface area contributed by atoms with Gasteiger partial charge in [-0.1, -0.05) is 36.4 Å². The first-order valence-corrected chi connectivity index (χ1v) is 9.75. The molecule has 0 bridgehead atoms. The molecule has 2 aromatic carbocycles. The Morgan fingerprint density at radius 2 is 1.90 bits per heavy atom. The van der Waals surface area contributed by atoms with E-state index >= 15 is 0 Å². The fourth-order valence-electron chi connectivity index (χ4n) is 4.50. The summed E-state index contributed by atoms with van der Waals surface area (Å²) in [6.45, 7) is 2.40. The highest BCUT2D eigenvalue weighted by Crippen LogP contribution is 2.37. The first-order valence-electron chi connectivity index (χ1n) is 9.75. The van der Waals surface area contributed by atoms with Crippen LogP contribution in [-0.4, -0.2) is 30.3 Å². The number of piperidine rings is 1. The summed E-state index contributed by atoms with van der Waals surface area (Å²) in [4.78, 5) is 15.1. The van der Waals surface area contributed by atoms with Gasteiger partial charge in [0.05, 0.1) is 5.41 Å². The second-order valence-electron chi connectivity index (χ2n) is 7.92. The lowest BCUT2D eigenvalue weighted by molar-refractivity contribution is -0.274. The van der Waals surface area contributed by atoms with Crippen LogP contribution in [0.2, 0.25) is 0 Å². The van der Waals surface area contributed by atoms with Gasteiger partial charge >= 0.3 is 6.36 Å². The van der Waals surface area contributed by atoms with E-state index in [0.717, 1.165) is 30.5 Å². The Morgan fingerprint density at radius 3 is 2.69 bits per heavy atom. The van der Waals surface area contributed by atoms with Gasteiger partial charge in [-0.05, 0) is 54.6 Å². The van der Waals surface area contributed by atoms with E-state index in [4.69, 9.17) is 0 Å². The van der Waals surface area contributed by atoms with Gasteiger partial charge < -0.3 is 10.1 Å². The molecule has 2 aliphatic heterocycles. The number of rotatable bonds is 3. The maximum Gasteiger partial charge on any atom is 0.573 e. The van der Waals surface area contributed by atoms with Crippen LogP contribution in [0, 0.1) is 5.41 Å². The quantitative estimate of drug-likeness (QED) is 0.840. The van der Waals surface area contributed by atoms with Gasteiger partial charge in [0, 0.05) is 19.6 Å². The van der Waals surface area contributed by atoms with Crippen molar-refractivity contribution in [3.8, 4) is 5.75 Å². The van der Waals surface area contributed by atoms with Gasteiger partial charge in [0.25, 0.3) is 0 Å². The number of likely N-dealkylation sites (tertiary alicyclic amines) is 1. The van der Waals surface area contributed by atoms with Crippen LogP contribution in [0.25, 0.3) is 0 Å². The molecule has 1 spiro atoms.